The molecule has 0 aromatic heterocycles. The minimum Gasteiger partial charge on any atom is -0.484 e. The number of hydrogen-bond acceptors (Lipinski definition) is 5. The molecule has 1 aromatic rings. The molecule has 19 heavy (non-hydrogen) atoms. The van der Waals surface area contributed by atoms with E-state index in [-0.39, 0.29) is 17.5 Å². The summed E-state index contributed by atoms with van der Waals surface area (Å²) in [6, 6.07) is 4.59. The van der Waals surface area contributed by atoms with Gasteiger partial charge in [0.2, 0.25) is 0 Å². The second-order valence-electron chi connectivity index (χ2n) is 4.55. The summed E-state index contributed by atoms with van der Waals surface area (Å²) < 4.78 is 5.44. The predicted molar refractivity (Wildman–Crippen MR) is 73.6 cm³/mol. The Morgan fingerprint density at radius 3 is 2.68 bits per heavy atom. The lowest BCUT2D eigenvalue weighted by atomic mass is 10.2. The van der Waals surface area contributed by atoms with Gasteiger partial charge < -0.3 is 15.2 Å². The van der Waals surface area contributed by atoms with Crippen molar-refractivity contribution < 1.29 is 14.8 Å². The number of nitrogens with one attached hydrogen (secondary N) is 1. The van der Waals surface area contributed by atoms with E-state index in [9.17, 15) is 15.2 Å². The fourth-order valence-electron chi connectivity index (χ4n) is 1.50. The molecule has 6 nitrogen and oxygen atoms in total. The van der Waals surface area contributed by atoms with Crippen LogP contribution in [-0.2, 0) is 0 Å². The molecule has 0 amide bonds. The molecule has 0 aliphatic heterocycles. The van der Waals surface area contributed by atoms with Crippen molar-refractivity contribution in [2.45, 2.75) is 39.4 Å². The Bertz CT molecular complexity index is 435. The number of nitro groups is 1. The number of aliphatic hydroxyl groups excluding tert-OH is 1. The number of aliphatic hydroxyl groups is 1. The molecule has 0 saturated carbocycles. The van der Waals surface area contributed by atoms with E-state index in [0.717, 1.165) is 0 Å². The van der Waals surface area contributed by atoms with Crippen molar-refractivity contribution in [2.24, 2.45) is 0 Å². The molecule has 0 heterocycles. The van der Waals surface area contributed by atoms with Gasteiger partial charge >= 0.3 is 5.69 Å². The van der Waals surface area contributed by atoms with E-state index in [1.165, 1.54) is 6.07 Å². The van der Waals surface area contributed by atoms with Gasteiger partial charge in [-0.1, -0.05) is 6.92 Å². The van der Waals surface area contributed by atoms with Gasteiger partial charge in [-0.3, -0.25) is 10.1 Å². The largest absolute Gasteiger partial charge is 0.484 e. The first-order chi connectivity index (χ1) is 8.93. The van der Waals surface area contributed by atoms with Crippen LogP contribution in [0.15, 0.2) is 18.2 Å². The summed E-state index contributed by atoms with van der Waals surface area (Å²) in [5, 5.41) is 23.4. The van der Waals surface area contributed by atoms with E-state index in [2.05, 4.69) is 5.32 Å². The van der Waals surface area contributed by atoms with Crippen molar-refractivity contribution in [2.75, 3.05) is 11.9 Å². The number of nitrogens with zero attached hydrogens (tertiary/aromatic N) is 1. The molecule has 0 bridgehead atoms. The van der Waals surface area contributed by atoms with E-state index in [1.54, 1.807) is 12.1 Å². The molecule has 0 radical (unpaired) electrons. The predicted octanol–water partition coefficient (Wildman–Crippen LogP) is 2.56. The minimum absolute atomic E-state index is 0.0599. The second kappa shape index (κ2) is 6.94. The molecule has 6 heteroatoms. The highest BCUT2D eigenvalue weighted by Crippen LogP contribution is 2.30. The first kappa shape index (κ1) is 15.2. The molecule has 2 N–H and O–H groups in total. The Labute approximate surface area is 112 Å². The average molecular weight is 268 g/mol. The van der Waals surface area contributed by atoms with Crippen LogP contribution in [0.2, 0.25) is 0 Å². The normalized spacial score (nSPS) is 12.3. The molecule has 0 fully saturated rings. The van der Waals surface area contributed by atoms with Gasteiger partial charge in [0.1, 0.15) is 0 Å². The summed E-state index contributed by atoms with van der Waals surface area (Å²) >= 11 is 0. The fourth-order valence-corrected chi connectivity index (χ4v) is 1.50. The monoisotopic (exact) mass is 268 g/mol. The molecule has 1 atom stereocenters. The van der Waals surface area contributed by atoms with E-state index in [4.69, 9.17) is 4.74 Å². The summed E-state index contributed by atoms with van der Waals surface area (Å²) in [6.45, 7) is 5.90. The first-order valence-electron chi connectivity index (χ1n) is 6.31. The molecule has 1 rings (SSSR count). The van der Waals surface area contributed by atoms with Crippen LogP contribution in [0.1, 0.15) is 27.2 Å². The Balaban J connectivity index is 2.88. The second-order valence-corrected chi connectivity index (χ2v) is 4.55. The van der Waals surface area contributed by atoms with Crippen molar-refractivity contribution in [1.29, 1.82) is 0 Å². The summed E-state index contributed by atoms with van der Waals surface area (Å²) in [5.74, 6) is 0.232. The number of anilines is 1. The average Bonchev–Trinajstić information content (AvgIpc) is 2.35. The summed E-state index contributed by atoms with van der Waals surface area (Å²) in [7, 11) is 0. The number of benzene rings is 1. The number of rotatable bonds is 7. The number of hydrogen-bond donors (Lipinski definition) is 2. The topological polar surface area (TPSA) is 84.6 Å². The molecular weight excluding hydrogens is 248 g/mol. The van der Waals surface area contributed by atoms with Crippen LogP contribution in [0.5, 0.6) is 5.75 Å². The van der Waals surface area contributed by atoms with Crippen LogP contribution >= 0.6 is 0 Å². The smallest absolute Gasteiger partial charge is 0.311 e. The van der Waals surface area contributed by atoms with E-state index >= 15 is 0 Å². The Kier molecular flexibility index (Phi) is 5.57. The van der Waals surface area contributed by atoms with Crippen molar-refractivity contribution in [1.82, 2.24) is 0 Å². The first-order valence-corrected chi connectivity index (χ1v) is 6.31. The maximum Gasteiger partial charge on any atom is 0.311 e. The van der Waals surface area contributed by atoms with Crippen LogP contribution < -0.4 is 10.1 Å². The zero-order valence-corrected chi connectivity index (χ0v) is 11.4. The third kappa shape index (κ3) is 4.75. The van der Waals surface area contributed by atoms with Crippen LogP contribution in [0.3, 0.4) is 0 Å². The molecule has 0 aliphatic rings. The molecule has 0 spiro atoms. The van der Waals surface area contributed by atoms with Crippen molar-refractivity contribution >= 4 is 11.4 Å². The lowest BCUT2D eigenvalue weighted by Gasteiger charge is -2.14. The fraction of sp³-hybridized carbons (Fsp3) is 0.538. The Morgan fingerprint density at radius 2 is 2.16 bits per heavy atom. The minimum atomic E-state index is -0.470. The molecule has 1 unspecified atom stereocenters. The summed E-state index contributed by atoms with van der Waals surface area (Å²) in [5.41, 5.74) is 0.629. The highest BCUT2D eigenvalue weighted by Gasteiger charge is 2.16. The quantitative estimate of drug-likeness (QED) is 0.586. The Hall–Kier alpha value is -1.82. The van der Waals surface area contributed by atoms with E-state index < -0.39 is 11.0 Å². The highest BCUT2D eigenvalue weighted by atomic mass is 16.6. The number of nitro benzene ring substituents is 1. The highest BCUT2D eigenvalue weighted by molar-refractivity contribution is 5.58. The van der Waals surface area contributed by atoms with Gasteiger partial charge in [-0.05, 0) is 26.3 Å². The molecule has 0 saturated heterocycles. The van der Waals surface area contributed by atoms with Crippen LogP contribution in [-0.4, -0.2) is 28.8 Å². The van der Waals surface area contributed by atoms with Crippen molar-refractivity contribution in [3.63, 3.8) is 0 Å². The molecular formula is C13H20N2O4. The van der Waals surface area contributed by atoms with Gasteiger partial charge in [-0.2, -0.15) is 0 Å². The third-order valence-electron chi connectivity index (χ3n) is 2.53. The number of ether oxygens (including phenoxy) is 1. The van der Waals surface area contributed by atoms with Crippen LogP contribution in [0.4, 0.5) is 11.4 Å². The van der Waals surface area contributed by atoms with Gasteiger partial charge in [0.15, 0.2) is 5.75 Å². The van der Waals surface area contributed by atoms with Crippen LogP contribution in [0.25, 0.3) is 0 Å². The maximum atomic E-state index is 10.9. The SMILES string of the molecule is CCC(O)CNc1ccc([N+](=O)[O-])c(OC(C)C)c1. The standard InChI is InChI=1S/C13H20N2O4/c1-4-11(16)8-14-10-5-6-12(15(17)18)13(7-10)19-9(2)3/h5-7,9,11,14,16H,4,8H2,1-3H3. The molecule has 1 aromatic carbocycles. The lowest BCUT2D eigenvalue weighted by molar-refractivity contribution is -0.386. The van der Waals surface area contributed by atoms with Crippen molar-refractivity contribution in [3.8, 4) is 5.75 Å². The Morgan fingerprint density at radius 1 is 1.47 bits per heavy atom. The zero-order valence-electron chi connectivity index (χ0n) is 11.4. The van der Waals surface area contributed by atoms with Gasteiger partial charge in [-0.25, -0.2) is 0 Å². The maximum absolute atomic E-state index is 10.9. The van der Waals surface area contributed by atoms with Gasteiger partial charge in [0.05, 0.1) is 17.1 Å². The lowest BCUT2D eigenvalue weighted by Crippen LogP contribution is -2.18. The zero-order chi connectivity index (χ0) is 14.4. The summed E-state index contributed by atoms with van der Waals surface area (Å²) in [4.78, 5) is 10.4. The molecule has 0 aliphatic carbocycles. The third-order valence-corrected chi connectivity index (χ3v) is 2.53. The molecule has 106 valence electrons. The van der Waals surface area contributed by atoms with Gasteiger partial charge in [0.25, 0.3) is 0 Å². The van der Waals surface area contributed by atoms with Crippen molar-refractivity contribution in [3.05, 3.63) is 28.3 Å². The van der Waals surface area contributed by atoms with Gasteiger partial charge in [0, 0.05) is 24.4 Å². The van der Waals surface area contributed by atoms with E-state index in [1.807, 2.05) is 20.8 Å². The summed E-state index contributed by atoms with van der Waals surface area (Å²) in [6.07, 6.45) is 0.0647. The van der Waals surface area contributed by atoms with Crippen LogP contribution in [0, 0.1) is 10.1 Å². The van der Waals surface area contributed by atoms with Gasteiger partial charge in [-0.15, -0.1) is 0 Å². The van der Waals surface area contributed by atoms with E-state index in [0.29, 0.717) is 18.7 Å².